The molecule has 1 saturated heterocycles. The third kappa shape index (κ3) is 2.75. The maximum Gasteiger partial charge on any atom is 0.234 e. The van der Waals surface area contributed by atoms with Gasteiger partial charge in [-0.2, -0.15) is 0 Å². The molecule has 1 aliphatic rings. The quantitative estimate of drug-likeness (QED) is 0.886. The minimum Gasteiger partial charge on any atom is -0.497 e. The Balaban J connectivity index is 2.19. The highest BCUT2D eigenvalue weighted by atomic mass is 79.9. The first kappa shape index (κ1) is 14.3. The molecule has 0 aliphatic carbocycles. The third-order valence-electron chi connectivity index (χ3n) is 3.46. The van der Waals surface area contributed by atoms with E-state index in [0.29, 0.717) is 24.7 Å². The van der Waals surface area contributed by atoms with Gasteiger partial charge >= 0.3 is 0 Å². The first-order valence-corrected chi connectivity index (χ1v) is 6.75. The van der Waals surface area contributed by atoms with Crippen LogP contribution in [0.3, 0.4) is 0 Å². The second kappa shape index (κ2) is 5.48. The van der Waals surface area contributed by atoms with Gasteiger partial charge in [0, 0.05) is 16.6 Å². The van der Waals surface area contributed by atoms with Crippen molar-refractivity contribution in [2.24, 2.45) is 11.1 Å². The lowest BCUT2D eigenvalue weighted by Crippen LogP contribution is -2.47. The van der Waals surface area contributed by atoms with Crippen LogP contribution in [0, 0.1) is 5.41 Å². The Morgan fingerprint density at radius 2 is 2.37 bits per heavy atom. The Labute approximate surface area is 120 Å². The Morgan fingerprint density at radius 3 is 2.95 bits per heavy atom. The van der Waals surface area contributed by atoms with Gasteiger partial charge in [0.15, 0.2) is 0 Å². The third-order valence-corrected chi connectivity index (χ3v) is 4.15. The van der Waals surface area contributed by atoms with Crippen LogP contribution in [0.15, 0.2) is 22.7 Å². The molecule has 0 saturated carbocycles. The summed E-state index contributed by atoms with van der Waals surface area (Å²) in [5, 5.41) is 2.87. The average Bonchev–Trinajstić information content (AvgIpc) is 2.73. The summed E-state index contributed by atoms with van der Waals surface area (Å²) in [4.78, 5) is 12.4. The smallest absolute Gasteiger partial charge is 0.234 e. The number of nitrogens with two attached hydrogens (primary N) is 1. The molecule has 2 atom stereocenters. The van der Waals surface area contributed by atoms with Crippen molar-refractivity contribution in [3.05, 3.63) is 22.7 Å². The van der Waals surface area contributed by atoms with Crippen LogP contribution in [0.25, 0.3) is 0 Å². The first-order chi connectivity index (χ1) is 8.97. The molecule has 1 aromatic rings. The number of methoxy groups -OCH3 is 1. The Hall–Kier alpha value is -1.11. The van der Waals surface area contributed by atoms with Gasteiger partial charge in [0.1, 0.15) is 5.75 Å². The fourth-order valence-corrected chi connectivity index (χ4v) is 2.26. The molecule has 1 aromatic carbocycles. The minimum absolute atomic E-state index is 0.147. The molecule has 0 radical (unpaired) electrons. The van der Waals surface area contributed by atoms with Gasteiger partial charge in [0.2, 0.25) is 5.91 Å². The number of halogens is 1. The van der Waals surface area contributed by atoms with E-state index >= 15 is 0 Å². The topological polar surface area (TPSA) is 73.6 Å². The Morgan fingerprint density at radius 1 is 1.63 bits per heavy atom. The zero-order valence-electron chi connectivity index (χ0n) is 10.9. The van der Waals surface area contributed by atoms with Crippen molar-refractivity contribution >= 4 is 27.5 Å². The summed E-state index contributed by atoms with van der Waals surface area (Å²) in [5.74, 6) is 0.530. The van der Waals surface area contributed by atoms with E-state index in [1.54, 1.807) is 13.2 Å². The first-order valence-electron chi connectivity index (χ1n) is 5.95. The van der Waals surface area contributed by atoms with Crippen LogP contribution in [0.4, 0.5) is 5.69 Å². The van der Waals surface area contributed by atoms with Crippen molar-refractivity contribution in [2.75, 3.05) is 25.6 Å². The van der Waals surface area contributed by atoms with E-state index in [4.69, 9.17) is 15.2 Å². The van der Waals surface area contributed by atoms with Crippen LogP contribution in [0.1, 0.15) is 6.92 Å². The van der Waals surface area contributed by atoms with Crippen LogP contribution in [0.2, 0.25) is 0 Å². The van der Waals surface area contributed by atoms with Gasteiger partial charge in [0.05, 0.1) is 31.4 Å². The number of ether oxygens (including phenoxy) is 2. The van der Waals surface area contributed by atoms with Crippen LogP contribution < -0.4 is 15.8 Å². The molecule has 3 N–H and O–H groups in total. The molecule has 104 valence electrons. The predicted molar refractivity (Wildman–Crippen MR) is 76.2 cm³/mol. The monoisotopic (exact) mass is 328 g/mol. The summed E-state index contributed by atoms with van der Waals surface area (Å²) in [5.41, 5.74) is 5.89. The number of carbonyl (C=O) groups excluding carboxylic acids is 1. The van der Waals surface area contributed by atoms with Gasteiger partial charge in [-0.25, -0.2) is 0 Å². The van der Waals surface area contributed by atoms with Gasteiger partial charge in [-0.3, -0.25) is 4.79 Å². The lowest BCUT2D eigenvalue weighted by atomic mass is 9.85. The fourth-order valence-electron chi connectivity index (χ4n) is 1.92. The molecular formula is C13H17BrN2O3. The van der Waals surface area contributed by atoms with Crippen molar-refractivity contribution in [3.8, 4) is 5.75 Å². The molecule has 1 aliphatic heterocycles. The molecule has 6 heteroatoms. The standard InChI is InChI=1S/C13H17BrN2O3/c1-13(7-19-6-11(13)15)12(17)16-10-5-8(18-2)3-4-9(10)14/h3-5,11H,6-7,15H2,1-2H3,(H,16,17). The van der Waals surface area contributed by atoms with E-state index in [-0.39, 0.29) is 11.9 Å². The van der Waals surface area contributed by atoms with Crippen molar-refractivity contribution in [3.63, 3.8) is 0 Å². The van der Waals surface area contributed by atoms with E-state index in [1.165, 1.54) is 0 Å². The van der Waals surface area contributed by atoms with Crippen molar-refractivity contribution in [2.45, 2.75) is 13.0 Å². The zero-order chi connectivity index (χ0) is 14.0. The van der Waals surface area contributed by atoms with Crippen molar-refractivity contribution < 1.29 is 14.3 Å². The molecule has 1 heterocycles. The van der Waals surface area contributed by atoms with Crippen LogP contribution >= 0.6 is 15.9 Å². The summed E-state index contributed by atoms with van der Waals surface area (Å²) < 4.78 is 11.2. The minimum atomic E-state index is -0.706. The van der Waals surface area contributed by atoms with Gasteiger partial charge in [-0.1, -0.05) is 0 Å². The molecule has 0 bridgehead atoms. The van der Waals surface area contributed by atoms with Gasteiger partial charge in [-0.05, 0) is 35.0 Å². The molecular weight excluding hydrogens is 312 g/mol. The summed E-state index contributed by atoms with van der Waals surface area (Å²) in [6.45, 7) is 2.55. The molecule has 0 spiro atoms. The number of hydrogen-bond acceptors (Lipinski definition) is 4. The predicted octanol–water partition coefficient (Wildman–Crippen LogP) is 1.76. The van der Waals surface area contributed by atoms with E-state index in [9.17, 15) is 4.79 Å². The Kier molecular flexibility index (Phi) is 4.13. The zero-order valence-corrected chi connectivity index (χ0v) is 12.5. The largest absolute Gasteiger partial charge is 0.497 e. The van der Waals surface area contributed by atoms with E-state index < -0.39 is 5.41 Å². The highest BCUT2D eigenvalue weighted by Crippen LogP contribution is 2.32. The van der Waals surface area contributed by atoms with E-state index in [0.717, 1.165) is 4.47 Å². The van der Waals surface area contributed by atoms with Crippen LogP contribution in [0.5, 0.6) is 5.75 Å². The molecule has 19 heavy (non-hydrogen) atoms. The lowest BCUT2D eigenvalue weighted by Gasteiger charge is -2.25. The van der Waals surface area contributed by atoms with E-state index in [1.807, 2.05) is 19.1 Å². The SMILES string of the molecule is COc1ccc(Br)c(NC(=O)C2(C)COCC2N)c1. The Bertz CT molecular complexity index is 495. The number of amides is 1. The van der Waals surface area contributed by atoms with Gasteiger partial charge in [-0.15, -0.1) is 0 Å². The summed E-state index contributed by atoms with van der Waals surface area (Å²) in [6, 6.07) is 5.09. The van der Waals surface area contributed by atoms with E-state index in [2.05, 4.69) is 21.2 Å². The number of rotatable bonds is 3. The fraction of sp³-hybridized carbons (Fsp3) is 0.462. The summed E-state index contributed by atoms with van der Waals surface area (Å²) in [7, 11) is 1.58. The molecule has 1 fully saturated rings. The second-order valence-electron chi connectivity index (χ2n) is 4.84. The number of anilines is 1. The molecule has 2 unspecified atom stereocenters. The summed E-state index contributed by atoms with van der Waals surface area (Å²) >= 11 is 3.40. The van der Waals surface area contributed by atoms with Gasteiger partial charge in [0.25, 0.3) is 0 Å². The number of carbonyl (C=O) groups is 1. The highest BCUT2D eigenvalue weighted by molar-refractivity contribution is 9.10. The number of nitrogens with one attached hydrogen (secondary N) is 1. The van der Waals surface area contributed by atoms with Crippen molar-refractivity contribution in [1.29, 1.82) is 0 Å². The van der Waals surface area contributed by atoms with Gasteiger partial charge < -0.3 is 20.5 Å². The maximum atomic E-state index is 12.4. The van der Waals surface area contributed by atoms with Crippen molar-refractivity contribution in [1.82, 2.24) is 0 Å². The molecule has 5 nitrogen and oxygen atoms in total. The number of benzene rings is 1. The lowest BCUT2D eigenvalue weighted by molar-refractivity contribution is -0.125. The molecule has 2 rings (SSSR count). The maximum absolute atomic E-state index is 12.4. The molecule has 0 aromatic heterocycles. The average molecular weight is 329 g/mol. The highest BCUT2D eigenvalue weighted by Gasteiger charge is 2.44. The summed E-state index contributed by atoms with van der Waals surface area (Å²) in [6.07, 6.45) is 0. The molecule has 1 amide bonds. The number of hydrogen-bond donors (Lipinski definition) is 2. The second-order valence-corrected chi connectivity index (χ2v) is 5.69. The van der Waals surface area contributed by atoms with Crippen LogP contribution in [-0.4, -0.2) is 32.3 Å². The van der Waals surface area contributed by atoms with Crippen LogP contribution in [-0.2, 0) is 9.53 Å². The normalized spacial score (nSPS) is 26.2.